The summed E-state index contributed by atoms with van der Waals surface area (Å²) in [6.07, 6.45) is 0. The number of ether oxygens (including phenoxy) is 1. The van der Waals surface area contributed by atoms with E-state index in [4.69, 9.17) is 15.6 Å². The summed E-state index contributed by atoms with van der Waals surface area (Å²) >= 11 is 1.81. The molecule has 3 nitrogen and oxygen atoms in total. The van der Waals surface area contributed by atoms with Crippen molar-refractivity contribution in [3.05, 3.63) is 29.8 Å². The molecule has 0 aliphatic rings. The first kappa shape index (κ1) is 15.3. The Bertz CT molecular complexity index is 342. The van der Waals surface area contributed by atoms with Crippen molar-refractivity contribution in [1.29, 1.82) is 0 Å². The molecule has 102 valence electrons. The van der Waals surface area contributed by atoms with Crippen molar-refractivity contribution < 1.29 is 9.84 Å². The third kappa shape index (κ3) is 4.52. The minimum Gasteiger partial charge on any atom is -0.497 e. The summed E-state index contributed by atoms with van der Waals surface area (Å²) in [5.41, 5.74) is 7.35. The van der Waals surface area contributed by atoms with E-state index in [1.807, 2.05) is 31.2 Å². The molecule has 0 aliphatic heterocycles. The fourth-order valence-electron chi connectivity index (χ4n) is 1.57. The highest BCUT2D eigenvalue weighted by Gasteiger charge is 2.16. The SMILES string of the molecule is COc1ccc(C(N)C(C)SCC(C)CO)cc1. The van der Waals surface area contributed by atoms with Gasteiger partial charge >= 0.3 is 0 Å². The van der Waals surface area contributed by atoms with Crippen molar-refractivity contribution in [1.82, 2.24) is 0 Å². The van der Waals surface area contributed by atoms with Gasteiger partial charge in [0.2, 0.25) is 0 Å². The molecule has 3 unspecified atom stereocenters. The summed E-state index contributed by atoms with van der Waals surface area (Å²) in [5.74, 6) is 2.10. The van der Waals surface area contributed by atoms with Crippen LogP contribution in [-0.2, 0) is 0 Å². The van der Waals surface area contributed by atoms with Crippen LogP contribution in [0.2, 0.25) is 0 Å². The maximum Gasteiger partial charge on any atom is 0.118 e. The van der Waals surface area contributed by atoms with E-state index < -0.39 is 0 Å². The van der Waals surface area contributed by atoms with Gasteiger partial charge in [-0.15, -0.1) is 0 Å². The van der Waals surface area contributed by atoms with Crippen molar-refractivity contribution >= 4 is 11.8 Å². The van der Waals surface area contributed by atoms with Crippen LogP contribution in [0.3, 0.4) is 0 Å². The maximum absolute atomic E-state index is 9.00. The second-order valence-electron chi connectivity index (χ2n) is 4.63. The van der Waals surface area contributed by atoms with E-state index in [0.29, 0.717) is 11.2 Å². The molecule has 0 saturated heterocycles. The molecule has 0 radical (unpaired) electrons. The van der Waals surface area contributed by atoms with Gasteiger partial charge in [-0.1, -0.05) is 26.0 Å². The number of methoxy groups -OCH3 is 1. The van der Waals surface area contributed by atoms with Gasteiger partial charge in [-0.25, -0.2) is 0 Å². The van der Waals surface area contributed by atoms with Gasteiger partial charge in [0.25, 0.3) is 0 Å². The number of benzene rings is 1. The molecule has 0 amide bonds. The van der Waals surface area contributed by atoms with Crippen molar-refractivity contribution in [2.75, 3.05) is 19.5 Å². The van der Waals surface area contributed by atoms with Crippen molar-refractivity contribution in [2.24, 2.45) is 11.7 Å². The predicted molar refractivity (Wildman–Crippen MR) is 78.1 cm³/mol. The normalized spacial score (nSPS) is 16.1. The second-order valence-corrected chi connectivity index (χ2v) is 6.04. The van der Waals surface area contributed by atoms with Crippen LogP contribution in [0.25, 0.3) is 0 Å². The summed E-state index contributed by atoms with van der Waals surface area (Å²) in [6.45, 7) is 4.40. The van der Waals surface area contributed by atoms with Crippen LogP contribution >= 0.6 is 11.8 Å². The first-order valence-electron chi connectivity index (χ1n) is 6.20. The molecule has 1 aromatic carbocycles. The summed E-state index contributed by atoms with van der Waals surface area (Å²) < 4.78 is 5.13. The second kappa shape index (κ2) is 7.67. The third-order valence-corrected chi connectivity index (χ3v) is 4.54. The van der Waals surface area contributed by atoms with Crippen LogP contribution in [0.4, 0.5) is 0 Å². The number of aliphatic hydroxyl groups is 1. The molecule has 3 N–H and O–H groups in total. The maximum atomic E-state index is 9.00. The monoisotopic (exact) mass is 269 g/mol. The number of nitrogens with two attached hydrogens (primary N) is 1. The molecule has 0 saturated carbocycles. The first-order chi connectivity index (χ1) is 8.58. The Balaban J connectivity index is 2.53. The molecule has 0 bridgehead atoms. The van der Waals surface area contributed by atoms with Gasteiger partial charge in [0.05, 0.1) is 7.11 Å². The highest BCUT2D eigenvalue weighted by atomic mass is 32.2. The van der Waals surface area contributed by atoms with E-state index in [1.165, 1.54) is 0 Å². The van der Waals surface area contributed by atoms with Gasteiger partial charge in [-0.05, 0) is 29.4 Å². The first-order valence-corrected chi connectivity index (χ1v) is 7.25. The number of hydrogen-bond acceptors (Lipinski definition) is 4. The zero-order valence-electron chi connectivity index (χ0n) is 11.3. The lowest BCUT2D eigenvalue weighted by Crippen LogP contribution is -2.22. The molecule has 0 fully saturated rings. The molecular weight excluding hydrogens is 246 g/mol. The van der Waals surface area contributed by atoms with Crippen molar-refractivity contribution in [2.45, 2.75) is 25.1 Å². The largest absolute Gasteiger partial charge is 0.497 e. The standard InChI is InChI=1S/C14H23NO2S/c1-10(8-16)9-18-11(2)14(15)12-4-6-13(17-3)7-5-12/h4-7,10-11,14,16H,8-9,15H2,1-3H3. The molecule has 1 aromatic rings. The third-order valence-electron chi connectivity index (χ3n) is 2.96. The quantitative estimate of drug-likeness (QED) is 0.798. The van der Waals surface area contributed by atoms with E-state index in [2.05, 4.69) is 6.92 Å². The van der Waals surface area contributed by atoms with Gasteiger partial charge in [0, 0.05) is 17.9 Å². The Hall–Kier alpha value is -0.710. The van der Waals surface area contributed by atoms with E-state index in [9.17, 15) is 0 Å². The Morgan fingerprint density at radius 1 is 1.28 bits per heavy atom. The minimum absolute atomic E-state index is 0.00630. The highest BCUT2D eigenvalue weighted by molar-refractivity contribution is 7.99. The molecule has 4 heteroatoms. The molecular formula is C14H23NO2S. The van der Waals surface area contributed by atoms with Gasteiger partial charge in [0.15, 0.2) is 0 Å². The predicted octanol–water partition coefficient (Wildman–Crippen LogP) is 2.45. The fourth-order valence-corrected chi connectivity index (χ4v) is 2.67. The Morgan fingerprint density at radius 3 is 2.39 bits per heavy atom. The molecule has 0 aliphatic carbocycles. The Labute approximate surface area is 114 Å². The van der Waals surface area contributed by atoms with Gasteiger partial charge in [-0.3, -0.25) is 0 Å². The van der Waals surface area contributed by atoms with Crippen molar-refractivity contribution in [3.63, 3.8) is 0 Å². The number of rotatable bonds is 7. The average molecular weight is 269 g/mol. The van der Waals surface area contributed by atoms with Gasteiger partial charge in [0.1, 0.15) is 5.75 Å². The topological polar surface area (TPSA) is 55.5 Å². The number of hydrogen-bond donors (Lipinski definition) is 2. The molecule has 18 heavy (non-hydrogen) atoms. The smallest absolute Gasteiger partial charge is 0.118 e. The van der Waals surface area contributed by atoms with Crippen LogP contribution in [0, 0.1) is 5.92 Å². The van der Waals surface area contributed by atoms with Crippen LogP contribution in [-0.4, -0.2) is 29.8 Å². The van der Waals surface area contributed by atoms with Gasteiger partial charge < -0.3 is 15.6 Å². The van der Waals surface area contributed by atoms with E-state index >= 15 is 0 Å². The van der Waals surface area contributed by atoms with Crippen LogP contribution in [0.5, 0.6) is 5.75 Å². The average Bonchev–Trinajstić information content (AvgIpc) is 2.43. The Morgan fingerprint density at radius 2 is 1.89 bits per heavy atom. The van der Waals surface area contributed by atoms with E-state index in [0.717, 1.165) is 17.1 Å². The van der Waals surface area contributed by atoms with E-state index in [-0.39, 0.29) is 12.6 Å². The minimum atomic E-state index is 0.00630. The fraction of sp³-hybridized carbons (Fsp3) is 0.571. The zero-order chi connectivity index (χ0) is 13.5. The van der Waals surface area contributed by atoms with Gasteiger partial charge in [-0.2, -0.15) is 11.8 Å². The molecule has 3 atom stereocenters. The zero-order valence-corrected chi connectivity index (χ0v) is 12.1. The Kier molecular flexibility index (Phi) is 6.54. The van der Waals surface area contributed by atoms with Crippen LogP contribution in [0.1, 0.15) is 25.5 Å². The van der Waals surface area contributed by atoms with Crippen LogP contribution < -0.4 is 10.5 Å². The highest BCUT2D eigenvalue weighted by Crippen LogP contribution is 2.26. The molecule has 0 heterocycles. The summed E-state index contributed by atoms with van der Waals surface area (Å²) in [7, 11) is 1.66. The summed E-state index contributed by atoms with van der Waals surface area (Å²) in [6, 6.07) is 7.89. The number of aliphatic hydroxyl groups excluding tert-OH is 1. The summed E-state index contributed by atoms with van der Waals surface area (Å²) in [5, 5.41) is 9.33. The molecule has 0 aromatic heterocycles. The van der Waals surface area contributed by atoms with E-state index in [1.54, 1.807) is 18.9 Å². The van der Waals surface area contributed by atoms with Crippen LogP contribution in [0.15, 0.2) is 24.3 Å². The lowest BCUT2D eigenvalue weighted by Gasteiger charge is -2.21. The molecule has 0 spiro atoms. The van der Waals surface area contributed by atoms with Crippen molar-refractivity contribution in [3.8, 4) is 5.75 Å². The lowest BCUT2D eigenvalue weighted by molar-refractivity contribution is 0.250. The lowest BCUT2D eigenvalue weighted by atomic mass is 10.1. The summed E-state index contributed by atoms with van der Waals surface area (Å²) in [4.78, 5) is 0. The number of thioether (sulfide) groups is 1. The molecule has 1 rings (SSSR count).